The molecule has 3 N–H and O–H groups in total. The number of carboxylic acids is 1. The van der Waals surface area contributed by atoms with Crippen molar-refractivity contribution in [3.8, 4) is 28.4 Å². The van der Waals surface area contributed by atoms with Crippen LogP contribution in [-0.2, 0) is 0 Å². The van der Waals surface area contributed by atoms with Gasteiger partial charge in [-0.3, -0.25) is 0 Å². The molecule has 22 heavy (non-hydrogen) atoms. The topological polar surface area (TPSA) is 95.6 Å². The predicted molar refractivity (Wildman–Crippen MR) is 79.3 cm³/mol. The lowest BCUT2D eigenvalue weighted by atomic mass is 10.1. The van der Waals surface area contributed by atoms with Crippen LogP contribution in [0.15, 0.2) is 54.7 Å². The fourth-order valence-electron chi connectivity index (χ4n) is 2.22. The first kappa shape index (κ1) is 13.7. The molecule has 3 aromatic rings. The van der Waals surface area contributed by atoms with E-state index in [1.54, 1.807) is 30.5 Å². The van der Waals surface area contributed by atoms with Gasteiger partial charge in [0.2, 0.25) is 0 Å². The summed E-state index contributed by atoms with van der Waals surface area (Å²) in [6, 6.07) is 12.3. The summed E-state index contributed by atoms with van der Waals surface area (Å²) in [5, 5.41) is 32.6. The molecule has 0 bridgehead atoms. The lowest BCUT2D eigenvalue weighted by Gasteiger charge is -2.10. The van der Waals surface area contributed by atoms with Gasteiger partial charge in [0.1, 0.15) is 11.5 Å². The Balaban J connectivity index is 2.13. The molecule has 0 amide bonds. The third-order valence-electron chi connectivity index (χ3n) is 3.24. The molecule has 0 radical (unpaired) electrons. The molecule has 110 valence electrons. The molecule has 0 spiro atoms. The molecule has 0 saturated carbocycles. The number of benzene rings is 2. The third-order valence-corrected chi connectivity index (χ3v) is 3.24. The standard InChI is InChI=1S/C16H12N2O4/c19-12-4-5-13(15(20)9-12)14-6-7-17-18(14)11-3-1-2-10(8-11)16(21)22/h1-9,19-20H,(H,21,22). The van der Waals surface area contributed by atoms with Gasteiger partial charge in [-0.2, -0.15) is 5.10 Å². The van der Waals surface area contributed by atoms with Crippen molar-refractivity contribution in [2.24, 2.45) is 0 Å². The minimum Gasteiger partial charge on any atom is -0.508 e. The number of aromatic hydroxyl groups is 2. The monoisotopic (exact) mass is 296 g/mol. The van der Waals surface area contributed by atoms with Crippen molar-refractivity contribution in [3.63, 3.8) is 0 Å². The Labute approximate surface area is 125 Å². The van der Waals surface area contributed by atoms with E-state index >= 15 is 0 Å². The minimum absolute atomic E-state index is 0.0415. The Morgan fingerprint density at radius 2 is 1.86 bits per heavy atom. The van der Waals surface area contributed by atoms with Gasteiger partial charge in [0.05, 0.1) is 23.1 Å². The number of hydrogen-bond donors (Lipinski definition) is 3. The summed E-state index contributed by atoms with van der Waals surface area (Å²) < 4.78 is 1.53. The summed E-state index contributed by atoms with van der Waals surface area (Å²) in [6.45, 7) is 0. The van der Waals surface area contributed by atoms with E-state index in [0.29, 0.717) is 16.9 Å². The van der Waals surface area contributed by atoms with Gasteiger partial charge in [-0.15, -0.1) is 0 Å². The van der Waals surface area contributed by atoms with E-state index in [9.17, 15) is 15.0 Å². The van der Waals surface area contributed by atoms with Crippen molar-refractivity contribution in [1.82, 2.24) is 9.78 Å². The Hall–Kier alpha value is -3.28. The fourth-order valence-corrected chi connectivity index (χ4v) is 2.22. The normalized spacial score (nSPS) is 10.5. The van der Waals surface area contributed by atoms with Crippen LogP contribution in [0.3, 0.4) is 0 Å². The summed E-state index contributed by atoms with van der Waals surface area (Å²) >= 11 is 0. The quantitative estimate of drug-likeness (QED) is 0.690. The van der Waals surface area contributed by atoms with Crippen LogP contribution >= 0.6 is 0 Å². The molecule has 3 rings (SSSR count). The van der Waals surface area contributed by atoms with Gasteiger partial charge in [0, 0.05) is 11.6 Å². The van der Waals surface area contributed by atoms with Gasteiger partial charge >= 0.3 is 5.97 Å². The van der Waals surface area contributed by atoms with Crippen LogP contribution in [0.2, 0.25) is 0 Å². The van der Waals surface area contributed by atoms with Crippen molar-refractivity contribution in [3.05, 3.63) is 60.3 Å². The van der Waals surface area contributed by atoms with E-state index in [1.165, 1.54) is 28.9 Å². The highest BCUT2D eigenvalue weighted by molar-refractivity contribution is 5.88. The van der Waals surface area contributed by atoms with Crippen LogP contribution in [0.5, 0.6) is 11.5 Å². The first-order valence-corrected chi connectivity index (χ1v) is 6.46. The first-order valence-electron chi connectivity index (χ1n) is 6.46. The number of phenolic OH excluding ortho intramolecular Hbond substituents is 2. The minimum atomic E-state index is -1.02. The highest BCUT2D eigenvalue weighted by Gasteiger charge is 2.13. The zero-order chi connectivity index (χ0) is 15.7. The average molecular weight is 296 g/mol. The maximum Gasteiger partial charge on any atom is 0.335 e. The Kier molecular flexibility index (Phi) is 3.27. The van der Waals surface area contributed by atoms with E-state index in [0.717, 1.165) is 0 Å². The van der Waals surface area contributed by atoms with Crippen LogP contribution in [-0.4, -0.2) is 31.1 Å². The third kappa shape index (κ3) is 2.37. The number of phenols is 2. The zero-order valence-corrected chi connectivity index (χ0v) is 11.3. The van der Waals surface area contributed by atoms with Gasteiger partial charge in [0.25, 0.3) is 0 Å². The lowest BCUT2D eigenvalue weighted by molar-refractivity contribution is 0.0697. The Morgan fingerprint density at radius 1 is 1.05 bits per heavy atom. The van der Waals surface area contributed by atoms with Crippen LogP contribution in [0.1, 0.15) is 10.4 Å². The highest BCUT2D eigenvalue weighted by Crippen LogP contribution is 2.33. The maximum atomic E-state index is 11.1. The zero-order valence-electron chi connectivity index (χ0n) is 11.3. The molecular weight excluding hydrogens is 284 g/mol. The van der Waals surface area contributed by atoms with Gasteiger partial charge in [0.15, 0.2) is 0 Å². The van der Waals surface area contributed by atoms with Crippen LogP contribution in [0.4, 0.5) is 0 Å². The van der Waals surface area contributed by atoms with Gasteiger partial charge in [-0.1, -0.05) is 6.07 Å². The van der Waals surface area contributed by atoms with Crippen LogP contribution in [0.25, 0.3) is 16.9 Å². The summed E-state index contributed by atoms with van der Waals surface area (Å²) in [4.78, 5) is 11.1. The molecule has 1 aromatic heterocycles. The number of hydrogen-bond acceptors (Lipinski definition) is 4. The summed E-state index contributed by atoms with van der Waals surface area (Å²) in [7, 11) is 0. The molecule has 0 atom stereocenters. The number of aromatic nitrogens is 2. The van der Waals surface area contributed by atoms with Gasteiger partial charge < -0.3 is 15.3 Å². The molecular formula is C16H12N2O4. The highest BCUT2D eigenvalue weighted by atomic mass is 16.4. The van der Waals surface area contributed by atoms with E-state index in [1.807, 2.05) is 0 Å². The number of rotatable bonds is 3. The van der Waals surface area contributed by atoms with E-state index in [2.05, 4.69) is 5.10 Å². The molecule has 0 unspecified atom stereocenters. The number of carboxylic acid groups (broad SMARTS) is 1. The van der Waals surface area contributed by atoms with Crippen molar-refractivity contribution in [2.75, 3.05) is 0 Å². The fraction of sp³-hybridized carbons (Fsp3) is 0. The molecule has 0 aliphatic carbocycles. The van der Waals surface area contributed by atoms with Crippen molar-refractivity contribution < 1.29 is 20.1 Å². The largest absolute Gasteiger partial charge is 0.508 e. The molecule has 1 heterocycles. The van der Waals surface area contributed by atoms with Crippen molar-refractivity contribution in [2.45, 2.75) is 0 Å². The van der Waals surface area contributed by atoms with E-state index in [4.69, 9.17) is 5.11 Å². The number of aromatic carboxylic acids is 1. The van der Waals surface area contributed by atoms with Gasteiger partial charge in [-0.05, 0) is 36.4 Å². The smallest absolute Gasteiger partial charge is 0.335 e. The second-order valence-corrected chi connectivity index (χ2v) is 4.69. The summed E-state index contributed by atoms with van der Waals surface area (Å²) in [5.41, 5.74) is 1.78. The van der Waals surface area contributed by atoms with Crippen molar-refractivity contribution >= 4 is 5.97 Å². The SMILES string of the molecule is O=C(O)c1cccc(-n2nccc2-c2ccc(O)cc2O)c1. The van der Waals surface area contributed by atoms with Crippen molar-refractivity contribution in [1.29, 1.82) is 0 Å². The average Bonchev–Trinajstić information content (AvgIpc) is 2.96. The molecule has 0 aliphatic rings. The van der Waals surface area contributed by atoms with E-state index in [-0.39, 0.29) is 17.1 Å². The van der Waals surface area contributed by atoms with Crippen LogP contribution in [0, 0.1) is 0 Å². The molecule has 2 aromatic carbocycles. The maximum absolute atomic E-state index is 11.1. The Bertz CT molecular complexity index is 855. The summed E-state index contributed by atoms with van der Waals surface area (Å²) in [5.74, 6) is -1.15. The summed E-state index contributed by atoms with van der Waals surface area (Å²) in [6.07, 6.45) is 1.55. The Morgan fingerprint density at radius 3 is 2.59 bits per heavy atom. The predicted octanol–water partition coefficient (Wildman–Crippen LogP) is 2.65. The molecule has 0 aliphatic heterocycles. The molecule has 0 fully saturated rings. The lowest BCUT2D eigenvalue weighted by Crippen LogP contribution is -2.02. The number of nitrogens with zero attached hydrogens (tertiary/aromatic N) is 2. The second-order valence-electron chi connectivity index (χ2n) is 4.69. The second kappa shape index (κ2) is 5.25. The van der Waals surface area contributed by atoms with Crippen LogP contribution < -0.4 is 0 Å². The molecule has 6 heteroatoms. The molecule has 0 saturated heterocycles. The number of carbonyl (C=O) groups is 1. The first-order chi connectivity index (χ1) is 10.6. The van der Waals surface area contributed by atoms with E-state index < -0.39 is 5.97 Å². The van der Waals surface area contributed by atoms with Gasteiger partial charge in [-0.25, -0.2) is 9.48 Å². The molecule has 6 nitrogen and oxygen atoms in total.